The number of rotatable bonds is 3. The Morgan fingerprint density at radius 3 is 2.56 bits per heavy atom. The lowest BCUT2D eigenvalue weighted by molar-refractivity contribution is 0.0992. The number of para-hydroxylation sites is 1. The van der Waals surface area contributed by atoms with E-state index in [0.717, 1.165) is 5.56 Å². The molecule has 4 rings (SSSR count). The summed E-state index contributed by atoms with van der Waals surface area (Å²) < 4.78 is 14.1. The molecule has 1 N–H and O–H groups in total. The first kappa shape index (κ1) is 15.6. The quantitative estimate of drug-likeness (QED) is 0.745. The topological polar surface area (TPSA) is 45.2 Å². The number of carbonyl (C=O) groups excluding carboxylic acids is 1. The van der Waals surface area contributed by atoms with Gasteiger partial charge in [0.2, 0.25) is 0 Å². The molecule has 4 nitrogen and oxygen atoms in total. The predicted molar refractivity (Wildman–Crippen MR) is 95.3 cm³/mol. The number of aromatic nitrogens is 1. The van der Waals surface area contributed by atoms with Crippen molar-refractivity contribution in [2.75, 3.05) is 10.2 Å². The third-order valence-corrected chi connectivity index (χ3v) is 4.31. The minimum atomic E-state index is -0.561. The van der Waals surface area contributed by atoms with Crippen molar-refractivity contribution in [3.63, 3.8) is 0 Å². The summed E-state index contributed by atoms with van der Waals surface area (Å²) in [7, 11) is 0. The molecular weight excluding hydrogens is 341 g/mol. The van der Waals surface area contributed by atoms with E-state index in [4.69, 9.17) is 11.6 Å². The molecule has 3 aromatic rings. The number of hydrogen-bond donors (Lipinski definition) is 1. The molecule has 0 fully saturated rings. The second kappa shape index (κ2) is 6.18. The van der Waals surface area contributed by atoms with Gasteiger partial charge in [-0.2, -0.15) is 0 Å². The van der Waals surface area contributed by atoms with Crippen LogP contribution in [0.3, 0.4) is 0 Å². The molecule has 1 aliphatic heterocycles. The molecule has 1 atom stereocenters. The Hall–Kier alpha value is -2.92. The normalized spacial score (nSPS) is 16.0. The van der Waals surface area contributed by atoms with E-state index < -0.39 is 6.17 Å². The minimum Gasteiger partial charge on any atom is -0.359 e. The number of carbonyl (C=O) groups is 1. The van der Waals surface area contributed by atoms with Gasteiger partial charge in [0, 0.05) is 17.3 Å². The number of nitrogens with one attached hydrogen (secondary N) is 1. The van der Waals surface area contributed by atoms with Gasteiger partial charge in [-0.05, 0) is 30.3 Å². The van der Waals surface area contributed by atoms with Crippen molar-refractivity contribution in [1.29, 1.82) is 0 Å². The van der Waals surface area contributed by atoms with Gasteiger partial charge >= 0.3 is 0 Å². The molecule has 0 saturated carbocycles. The van der Waals surface area contributed by atoms with E-state index in [1.54, 1.807) is 42.5 Å². The second-order valence-corrected chi connectivity index (χ2v) is 6.06. The first-order chi connectivity index (χ1) is 12.1. The molecule has 25 heavy (non-hydrogen) atoms. The zero-order valence-corrected chi connectivity index (χ0v) is 13.7. The van der Waals surface area contributed by atoms with Crippen LogP contribution < -0.4 is 10.2 Å². The summed E-state index contributed by atoms with van der Waals surface area (Å²) in [6.07, 6.45) is 0.919. The van der Waals surface area contributed by atoms with Crippen molar-refractivity contribution in [3.8, 4) is 0 Å². The fourth-order valence-corrected chi connectivity index (χ4v) is 3.04. The Kier molecular flexibility index (Phi) is 3.86. The van der Waals surface area contributed by atoms with Gasteiger partial charge in [0.25, 0.3) is 5.91 Å². The van der Waals surface area contributed by atoms with Crippen LogP contribution in [0.25, 0.3) is 0 Å². The third-order valence-electron chi connectivity index (χ3n) is 4.09. The Morgan fingerprint density at radius 1 is 1.04 bits per heavy atom. The summed E-state index contributed by atoms with van der Waals surface area (Å²) in [6.45, 7) is 0. The molecule has 0 saturated heterocycles. The molecule has 6 heteroatoms. The number of amides is 1. The van der Waals surface area contributed by atoms with Crippen molar-refractivity contribution in [3.05, 3.63) is 88.8 Å². The van der Waals surface area contributed by atoms with Crippen LogP contribution in [0, 0.1) is 5.82 Å². The smallest absolute Gasteiger partial charge is 0.261 e. The van der Waals surface area contributed by atoms with Crippen LogP contribution >= 0.6 is 11.6 Å². The highest BCUT2D eigenvalue weighted by molar-refractivity contribution is 6.30. The number of pyridine rings is 1. The Bertz CT molecular complexity index is 945. The lowest BCUT2D eigenvalue weighted by atomic mass is 10.1. The van der Waals surface area contributed by atoms with Crippen LogP contribution in [-0.2, 0) is 0 Å². The summed E-state index contributed by atoms with van der Waals surface area (Å²) >= 11 is 5.90. The number of hydrogen-bond acceptors (Lipinski definition) is 3. The highest BCUT2D eigenvalue weighted by Gasteiger charge is 2.38. The molecule has 2 heterocycles. The molecule has 0 unspecified atom stereocenters. The van der Waals surface area contributed by atoms with E-state index in [1.807, 2.05) is 12.1 Å². The SMILES string of the molecule is O=C1c2ccccc2[C@@H](Nc2ccccc2F)N1c1ccc(Cl)cn1. The van der Waals surface area contributed by atoms with Crippen molar-refractivity contribution < 1.29 is 9.18 Å². The lowest BCUT2D eigenvalue weighted by Gasteiger charge is -2.26. The summed E-state index contributed by atoms with van der Waals surface area (Å²) in [6, 6.07) is 16.9. The number of fused-ring (bicyclic) bond motifs is 1. The maximum atomic E-state index is 14.1. The van der Waals surface area contributed by atoms with E-state index in [1.165, 1.54) is 17.2 Å². The maximum absolute atomic E-state index is 14.1. The maximum Gasteiger partial charge on any atom is 0.261 e. The highest BCUT2D eigenvalue weighted by atomic mass is 35.5. The molecule has 1 aromatic heterocycles. The van der Waals surface area contributed by atoms with E-state index in [0.29, 0.717) is 22.1 Å². The fourth-order valence-electron chi connectivity index (χ4n) is 2.93. The van der Waals surface area contributed by atoms with Gasteiger partial charge in [0.15, 0.2) is 0 Å². The molecule has 2 aromatic carbocycles. The third kappa shape index (κ3) is 2.72. The summed E-state index contributed by atoms with van der Waals surface area (Å²) in [5.41, 5.74) is 1.65. The van der Waals surface area contributed by atoms with Crippen molar-refractivity contribution in [1.82, 2.24) is 4.98 Å². The number of nitrogens with zero attached hydrogens (tertiary/aromatic N) is 2. The van der Waals surface area contributed by atoms with Crippen LogP contribution in [0.1, 0.15) is 22.1 Å². The molecule has 0 aliphatic carbocycles. The van der Waals surface area contributed by atoms with Crippen LogP contribution in [0.15, 0.2) is 66.9 Å². The molecule has 1 aliphatic rings. The Labute approximate surface area is 148 Å². The van der Waals surface area contributed by atoms with Crippen molar-refractivity contribution >= 4 is 29.0 Å². The van der Waals surface area contributed by atoms with Gasteiger partial charge in [0.1, 0.15) is 17.8 Å². The zero-order valence-electron chi connectivity index (χ0n) is 13.0. The fraction of sp³-hybridized carbons (Fsp3) is 0.0526. The molecule has 0 spiro atoms. The Balaban J connectivity index is 1.80. The highest BCUT2D eigenvalue weighted by Crippen LogP contribution is 2.37. The van der Waals surface area contributed by atoms with Crippen LogP contribution in [0.4, 0.5) is 15.9 Å². The molecule has 1 amide bonds. The molecule has 124 valence electrons. The minimum absolute atomic E-state index is 0.195. The van der Waals surface area contributed by atoms with Gasteiger partial charge in [0.05, 0.1) is 10.7 Å². The lowest BCUT2D eigenvalue weighted by Crippen LogP contribution is -2.33. The number of benzene rings is 2. The first-order valence-electron chi connectivity index (χ1n) is 7.70. The standard InChI is InChI=1S/C19H13ClFN3O/c20-12-9-10-17(22-11-12)24-18(23-16-8-4-3-7-15(16)21)13-5-1-2-6-14(13)19(24)25/h1-11,18,23H/t18-/m0/s1. The van der Waals surface area contributed by atoms with E-state index in [-0.39, 0.29) is 11.7 Å². The van der Waals surface area contributed by atoms with Gasteiger partial charge in [-0.1, -0.05) is 41.9 Å². The van der Waals surface area contributed by atoms with Crippen LogP contribution in [0.5, 0.6) is 0 Å². The van der Waals surface area contributed by atoms with Gasteiger partial charge in [-0.3, -0.25) is 9.69 Å². The second-order valence-electron chi connectivity index (χ2n) is 5.62. The van der Waals surface area contributed by atoms with Crippen LogP contribution in [0.2, 0.25) is 5.02 Å². The number of anilines is 2. The van der Waals surface area contributed by atoms with E-state index in [9.17, 15) is 9.18 Å². The largest absolute Gasteiger partial charge is 0.359 e. The van der Waals surface area contributed by atoms with Gasteiger partial charge in [-0.25, -0.2) is 9.37 Å². The van der Waals surface area contributed by atoms with Crippen molar-refractivity contribution in [2.24, 2.45) is 0 Å². The van der Waals surface area contributed by atoms with Gasteiger partial charge < -0.3 is 5.32 Å². The molecule has 0 radical (unpaired) electrons. The number of halogens is 2. The van der Waals surface area contributed by atoms with E-state index >= 15 is 0 Å². The average molecular weight is 354 g/mol. The zero-order chi connectivity index (χ0) is 17.4. The molecule has 0 bridgehead atoms. The predicted octanol–water partition coefficient (Wildman–Crippen LogP) is 4.65. The monoisotopic (exact) mass is 353 g/mol. The van der Waals surface area contributed by atoms with Crippen LogP contribution in [-0.4, -0.2) is 10.9 Å². The summed E-state index contributed by atoms with van der Waals surface area (Å²) in [5.74, 6) is -0.137. The molecular formula is C19H13ClFN3O. The summed E-state index contributed by atoms with van der Waals surface area (Å²) in [4.78, 5) is 18.6. The van der Waals surface area contributed by atoms with E-state index in [2.05, 4.69) is 10.3 Å². The van der Waals surface area contributed by atoms with Crippen molar-refractivity contribution in [2.45, 2.75) is 6.17 Å². The van der Waals surface area contributed by atoms with Gasteiger partial charge in [-0.15, -0.1) is 0 Å². The summed E-state index contributed by atoms with van der Waals surface area (Å²) in [5, 5.41) is 3.59. The Morgan fingerprint density at radius 2 is 1.80 bits per heavy atom. The first-order valence-corrected chi connectivity index (χ1v) is 8.08. The average Bonchev–Trinajstić information content (AvgIpc) is 2.90.